The van der Waals surface area contributed by atoms with Crippen LogP contribution in [0.1, 0.15) is 38.5 Å². The number of amides is 1. The van der Waals surface area contributed by atoms with Gasteiger partial charge in [-0.15, -0.1) is 11.8 Å². The Balaban J connectivity index is 1.77. The summed E-state index contributed by atoms with van der Waals surface area (Å²) < 4.78 is 0. The van der Waals surface area contributed by atoms with Crippen molar-refractivity contribution in [3.05, 3.63) is 0 Å². The van der Waals surface area contributed by atoms with Gasteiger partial charge in [0.05, 0.1) is 11.2 Å². The van der Waals surface area contributed by atoms with E-state index in [1.807, 2.05) is 0 Å². The van der Waals surface area contributed by atoms with Crippen LogP contribution in [0.2, 0.25) is 0 Å². The van der Waals surface area contributed by atoms with Gasteiger partial charge in [-0.1, -0.05) is 6.42 Å². The van der Waals surface area contributed by atoms with E-state index in [1.165, 1.54) is 6.42 Å². The van der Waals surface area contributed by atoms with Gasteiger partial charge in [-0.3, -0.25) is 9.59 Å². The topological polar surface area (TPSA) is 66.4 Å². The maximum Gasteiger partial charge on any atom is 0.306 e. The lowest BCUT2D eigenvalue weighted by Crippen LogP contribution is -2.40. The van der Waals surface area contributed by atoms with Crippen LogP contribution in [-0.4, -0.2) is 34.0 Å². The summed E-state index contributed by atoms with van der Waals surface area (Å²) in [6, 6.07) is 0.0751. The maximum atomic E-state index is 12.0. The summed E-state index contributed by atoms with van der Waals surface area (Å²) in [4.78, 5) is 22.8. The molecular formula is C12H19NO3S. The van der Waals surface area contributed by atoms with Crippen LogP contribution in [0.4, 0.5) is 0 Å². The third-order valence-electron chi connectivity index (χ3n) is 3.60. The van der Waals surface area contributed by atoms with Crippen molar-refractivity contribution < 1.29 is 14.7 Å². The first kappa shape index (κ1) is 12.7. The second-order valence-corrected chi connectivity index (χ2v) is 6.22. The third kappa shape index (κ3) is 3.37. The van der Waals surface area contributed by atoms with Crippen molar-refractivity contribution in [2.75, 3.05) is 5.75 Å². The average Bonchev–Trinajstić information content (AvgIpc) is 2.79. The lowest BCUT2D eigenvalue weighted by Gasteiger charge is -2.22. The van der Waals surface area contributed by atoms with Crippen LogP contribution in [0.15, 0.2) is 0 Å². The molecule has 0 bridgehead atoms. The van der Waals surface area contributed by atoms with Gasteiger partial charge in [-0.2, -0.15) is 0 Å². The van der Waals surface area contributed by atoms with E-state index in [4.69, 9.17) is 5.11 Å². The molecule has 2 N–H and O–H groups in total. The molecule has 3 atom stereocenters. The number of rotatable bonds is 3. The average molecular weight is 257 g/mol. The highest BCUT2D eigenvalue weighted by Crippen LogP contribution is 2.28. The zero-order chi connectivity index (χ0) is 12.3. The van der Waals surface area contributed by atoms with Crippen molar-refractivity contribution in [1.82, 2.24) is 5.32 Å². The standard InChI is InChI=1S/C12H19NO3S/c14-11(10-3-1-2-6-17-10)13-9-5-4-8(7-9)12(15)16/h8-10H,1-7H2,(H,13,14)(H,15,16)/t8-,9+,10?/m1/s1. The van der Waals surface area contributed by atoms with Gasteiger partial charge in [0.25, 0.3) is 0 Å². The van der Waals surface area contributed by atoms with Gasteiger partial charge in [0.1, 0.15) is 0 Å². The zero-order valence-corrected chi connectivity index (χ0v) is 10.7. The molecule has 2 aliphatic rings. The predicted octanol–water partition coefficient (Wildman–Crippen LogP) is 1.64. The molecule has 0 spiro atoms. The number of hydrogen-bond acceptors (Lipinski definition) is 3. The van der Waals surface area contributed by atoms with Crippen LogP contribution in [0.3, 0.4) is 0 Å². The van der Waals surface area contributed by atoms with Gasteiger partial charge < -0.3 is 10.4 Å². The van der Waals surface area contributed by atoms with E-state index in [2.05, 4.69) is 5.32 Å². The van der Waals surface area contributed by atoms with Gasteiger partial charge in [-0.05, 0) is 37.9 Å². The number of carbonyl (C=O) groups excluding carboxylic acids is 1. The Labute approximate surface area is 106 Å². The van der Waals surface area contributed by atoms with E-state index in [9.17, 15) is 9.59 Å². The Morgan fingerprint density at radius 2 is 2.00 bits per heavy atom. The van der Waals surface area contributed by atoms with Crippen molar-refractivity contribution >= 4 is 23.6 Å². The molecule has 1 unspecified atom stereocenters. The van der Waals surface area contributed by atoms with E-state index in [1.54, 1.807) is 11.8 Å². The van der Waals surface area contributed by atoms with Crippen molar-refractivity contribution in [1.29, 1.82) is 0 Å². The molecule has 0 radical (unpaired) electrons. The summed E-state index contributed by atoms with van der Waals surface area (Å²) in [5.41, 5.74) is 0. The Morgan fingerprint density at radius 3 is 2.59 bits per heavy atom. The summed E-state index contributed by atoms with van der Waals surface area (Å²) in [5, 5.41) is 12.0. The van der Waals surface area contributed by atoms with Crippen LogP contribution in [-0.2, 0) is 9.59 Å². The minimum atomic E-state index is -0.728. The number of aliphatic carboxylic acids is 1. The maximum absolute atomic E-state index is 12.0. The molecule has 4 nitrogen and oxygen atoms in total. The second kappa shape index (κ2) is 5.76. The fourth-order valence-corrected chi connectivity index (χ4v) is 3.79. The van der Waals surface area contributed by atoms with Crippen molar-refractivity contribution in [2.24, 2.45) is 5.92 Å². The van der Waals surface area contributed by atoms with Gasteiger partial charge in [0.2, 0.25) is 5.91 Å². The minimum Gasteiger partial charge on any atom is -0.481 e. The summed E-state index contributed by atoms with van der Waals surface area (Å²) >= 11 is 1.73. The van der Waals surface area contributed by atoms with E-state index in [0.717, 1.165) is 25.0 Å². The normalized spacial score (nSPS) is 33.3. The number of carboxylic acid groups (broad SMARTS) is 1. The van der Waals surface area contributed by atoms with E-state index in [0.29, 0.717) is 12.8 Å². The molecule has 5 heteroatoms. The highest BCUT2D eigenvalue weighted by molar-refractivity contribution is 8.00. The van der Waals surface area contributed by atoms with Crippen LogP contribution in [0.5, 0.6) is 0 Å². The third-order valence-corrected chi connectivity index (χ3v) is 4.98. The molecule has 1 amide bonds. The quantitative estimate of drug-likeness (QED) is 0.806. The molecule has 17 heavy (non-hydrogen) atoms. The summed E-state index contributed by atoms with van der Waals surface area (Å²) in [6.45, 7) is 0. The first-order chi connectivity index (χ1) is 8.16. The number of thioether (sulfide) groups is 1. The first-order valence-corrected chi connectivity index (χ1v) is 7.36. The highest BCUT2D eigenvalue weighted by Gasteiger charge is 2.32. The van der Waals surface area contributed by atoms with E-state index < -0.39 is 5.97 Å². The lowest BCUT2D eigenvalue weighted by atomic mass is 10.1. The van der Waals surface area contributed by atoms with Gasteiger partial charge in [-0.25, -0.2) is 0 Å². The van der Waals surface area contributed by atoms with Crippen molar-refractivity contribution in [3.8, 4) is 0 Å². The molecule has 1 saturated carbocycles. The monoisotopic (exact) mass is 257 g/mol. The number of carboxylic acids is 1. The fraction of sp³-hybridized carbons (Fsp3) is 0.833. The largest absolute Gasteiger partial charge is 0.481 e. The first-order valence-electron chi connectivity index (χ1n) is 6.31. The van der Waals surface area contributed by atoms with Crippen LogP contribution in [0.25, 0.3) is 0 Å². The zero-order valence-electron chi connectivity index (χ0n) is 9.85. The fourth-order valence-electron chi connectivity index (χ4n) is 2.58. The Morgan fingerprint density at radius 1 is 1.18 bits per heavy atom. The molecule has 0 aromatic rings. The number of carbonyl (C=O) groups is 2. The molecule has 1 aliphatic carbocycles. The van der Waals surface area contributed by atoms with Gasteiger partial charge >= 0.3 is 5.97 Å². The summed E-state index contributed by atoms with van der Waals surface area (Å²) in [7, 11) is 0. The van der Waals surface area contributed by atoms with Gasteiger partial charge in [0, 0.05) is 6.04 Å². The Hall–Kier alpha value is -0.710. The lowest BCUT2D eigenvalue weighted by molar-refractivity contribution is -0.141. The Bertz CT molecular complexity index is 302. The van der Waals surface area contributed by atoms with Crippen LogP contribution < -0.4 is 5.32 Å². The molecule has 1 aliphatic heterocycles. The Kier molecular flexibility index (Phi) is 4.31. The minimum absolute atomic E-state index is 0.0751. The second-order valence-electron chi connectivity index (χ2n) is 4.91. The molecule has 2 fully saturated rings. The molecule has 0 aromatic heterocycles. The summed E-state index contributed by atoms with van der Waals surface area (Å²) in [5.74, 6) is 0.194. The van der Waals surface area contributed by atoms with E-state index >= 15 is 0 Å². The van der Waals surface area contributed by atoms with Crippen molar-refractivity contribution in [2.45, 2.75) is 49.8 Å². The smallest absolute Gasteiger partial charge is 0.306 e. The van der Waals surface area contributed by atoms with Crippen LogP contribution in [0, 0.1) is 5.92 Å². The molecule has 1 saturated heterocycles. The number of hydrogen-bond donors (Lipinski definition) is 2. The molecule has 1 heterocycles. The molecule has 2 rings (SSSR count). The van der Waals surface area contributed by atoms with Gasteiger partial charge in [0.15, 0.2) is 0 Å². The molecular weight excluding hydrogens is 238 g/mol. The highest BCUT2D eigenvalue weighted by atomic mass is 32.2. The van der Waals surface area contributed by atoms with Crippen LogP contribution >= 0.6 is 11.8 Å². The van der Waals surface area contributed by atoms with E-state index in [-0.39, 0.29) is 23.1 Å². The van der Waals surface area contributed by atoms with Crippen molar-refractivity contribution in [3.63, 3.8) is 0 Å². The number of nitrogens with one attached hydrogen (secondary N) is 1. The predicted molar refractivity (Wildman–Crippen MR) is 67.0 cm³/mol. The molecule has 0 aromatic carbocycles. The SMILES string of the molecule is O=C(N[C@H]1CC[C@@H](C(=O)O)C1)C1CCCCS1. The molecule has 96 valence electrons. The summed E-state index contributed by atoms with van der Waals surface area (Å²) in [6.07, 6.45) is 5.40.